The molecule has 4 heavy (non-hydrogen) atoms. The van der Waals surface area contributed by atoms with E-state index in [2.05, 4.69) is 13.1 Å². The first kappa shape index (κ1) is 16.0. The summed E-state index contributed by atoms with van der Waals surface area (Å²) in [6.07, 6.45) is 0. The summed E-state index contributed by atoms with van der Waals surface area (Å²) < 4.78 is 0. The molecule has 0 fully saturated rings. The van der Waals surface area contributed by atoms with Crippen LogP contribution in [-0.2, 0) is 60.8 Å². The topological polar surface area (TPSA) is 0 Å². The standard InChI is InChI=1S/Nb.Ru.H2Se.Ta/h;;1H2;/q;;;+1/p-1. The van der Waals surface area contributed by atoms with Gasteiger partial charge in [0.2, 0.25) is 0 Å². The molecular weight excluding hydrogens is 454 g/mol. The molecule has 0 aliphatic carbocycles. The van der Waals surface area contributed by atoms with Gasteiger partial charge in [0.05, 0.1) is 0 Å². The summed E-state index contributed by atoms with van der Waals surface area (Å²) in [5.74, 6) is 0. The number of rotatable bonds is 0. The molecule has 0 aliphatic rings. The second-order valence-corrected chi connectivity index (χ2v) is 0. The molecule has 0 nitrogen and oxygen atoms in total. The van der Waals surface area contributed by atoms with Crippen molar-refractivity contribution in [2.75, 3.05) is 0 Å². The van der Waals surface area contributed by atoms with Gasteiger partial charge >= 0.3 is 32.0 Å². The second kappa shape index (κ2) is 17.5. The first-order valence-electron chi connectivity index (χ1n) is 0.200. The zero-order chi connectivity index (χ0) is 2.00. The Labute approximate surface area is 72.7 Å². The van der Waals surface area contributed by atoms with Crippen LogP contribution in [0, 0.1) is 0 Å². The monoisotopic (exact) mass is 457 g/mol. The van der Waals surface area contributed by atoms with Crippen LogP contribution in [-0.4, -0.2) is 13.1 Å². The van der Waals surface area contributed by atoms with Crippen LogP contribution < -0.4 is 0 Å². The molecule has 0 aromatic rings. The van der Waals surface area contributed by atoms with E-state index in [1.54, 1.807) is 0 Å². The Hall–Kier alpha value is 2.62. The summed E-state index contributed by atoms with van der Waals surface area (Å²) >= 11 is 3.81. The molecule has 0 N–H and O–H groups in total. The normalized spacial score (nSPS) is 1.25. The maximum atomic E-state index is 2.42. The molecule has 0 atom stereocenters. The van der Waals surface area contributed by atoms with Gasteiger partial charge in [-0.05, 0) is 0 Å². The SMILES string of the molecule is [Nb].[Ru].[SeH][Ta]. The van der Waals surface area contributed by atoms with Crippen molar-refractivity contribution < 1.29 is 60.8 Å². The van der Waals surface area contributed by atoms with Gasteiger partial charge in [0.1, 0.15) is 0 Å². The first-order valence-corrected chi connectivity index (χ1v) is 8.51. The molecule has 0 saturated heterocycles. The fraction of sp³-hybridized carbons (Fsp3) is 0. The van der Waals surface area contributed by atoms with Gasteiger partial charge in [-0.2, -0.15) is 0 Å². The van der Waals surface area contributed by atoms with E-state index >= 15 is 0 Å². The zero-order valence-electron chi connectivity index (χ0n) is 1.70. The van der Waals surface area contributed by atoms with Crippen LogP contribution in [0.2, 0.25) is 0 Å². The van der Waals surface area contributed by atoms with E-state index < -0.39 is 0 Å². The Kier molecular flexibility index (Phi) is 69.7. The molecule has 4 heteroatoms. The third-order valence-electron chi connectivity index (χ3n) is 0. The van der Waals surface area contributed by atoms with E-state index in [9.17, 15) is 0 Å². The Morgan fingerprint density at radius 2 is 1.25 bits per heavy atom. The molecule has 0 heterocycles. The van der Waals surface area contributed by atoms with Crippen molar-refractivity contribution in [1.82, 2.24) is 0 Å². The van der Waals surface area contributed by atoms with Gasteiger partial charge in [0, 0.05) is 41.9 Å². The van der Waals surface area contributed by atoms with E-state index in [0.29, 0.717) is 0 Å². The summed E-state index contributed by atoms with van der Waals surface area (Å²) in [6.45, 7) is 0. The van der Waals surface area contributed by atoms with Crippen molar-refractivity contribution in [2.45, 2.75) is 0 Å². The Morgan fingerprint density at radius 1 is 1.25 bits per heavy atom. The van der Waals surface area contributed by atoms with Crippen LogP contribution in [0.15, 0.2) is 0 Å². The van der Waals surface area contributed by atoms with Crippen molar-refractivity contribution >= 4 is 13.1 Å². The Bertz CT molecular complexity index is 8.00. The van der Waals surface area contributed by atoms with E-state index in [1.807, 2.05) is 0 Å². The van der Waals surface area contributed by atoms with Crippen LogP contribution in [0.3, 0.4) is 0 Å². The first-order chi connectivity index (χ1) is 1.00. The van der Waals surface area contributed by atoms with Crippen molar-refractivity contribution in [2.24, 2.45) is 0 Å². The van der Waals surface area contributed by atoms with Gasteiger partial charge in [-0.3, -0.25) is 0 Å². The van der Waals surface area contributed by atoms with Gasteiger partial charge in [0.25, 0.3) is 0 Å². The summed E-state index contributed by atoms with van der Waals surface area (Å²) in [6, 6.07) is 0. The second-order valence-electron chi connectivity index (χ2n) is 0. The average molecular weight is 455 g/mol. The van der Waals surface area contributed by atoms with Crippen LogP contribution in [0.4, 0.5) is 0 Å². The molecule has 0 rings (SSSR count). The van der Waals surface area contributed by atoms with E-state index in [0.717, 1.165) is 0 Å². The molecule has 0 saturated carbocycles. The van der Waals surface area contributed by atoms with E-state index in [-0.39, 0.29) is 41.9 Å². The van der Waals surface area contributed by atoms with Crippen molar-refractivity contribution in [3.8, 4) is 0 Å². The van der Waals surface area contributed by atoms with Crippen molar-refractivity contribution in [3.05, 3.63) is 0 Å². The Balaban J connectivity index is -0.00000000500. The van der Waals surface area contributed by atoms with Gasteiger partial charge in [0.15, 0.2) is 0 Å². The Morgan fingerprint density at radius 3 is 1.25 bits per heavy atom. The van der Waals surface area contributed by atoms with Gasteiger partial charge in [-0.15, -0.1) is 0 Å². The van der Waals surface area contributed by atoms with Crippen molar-refractivity contribution in [3.63, 3.8) is 0 Å². The molecule has 1 radical (unpaired) electrons. The predicted octanol–water partition coefficient (Wildman–Crippen LogP) is -0.656. The number of hydrogen-bond acceptors (Lipinski definition) is 0. The third-order valence-corrected chi connectivity index (χ3v) is 0. The number of hydrogen-bond donors (Lipinski definition) is 0. The molecule has 0 spiro atoms. The van der Waals surface area contributed by atoms with Gasteiger partial charge in [-0.25, -0.2) is 0 Å². The van der Waals surface area contributed by atoms with Crippen LogP contribution in [0.25, 0.3) is 0 Å². The summed E-state index contributed by atoms with van der Waals surface area (Å²) in [5.41, 5.74) is 0. The molecule has 25 valence electrons. The fourth-order valence-corrected chi connectivity index (χ4v) is 0. The average Bonchev–Trinajstić information content (AvgIpc) is 1.00. The maximum absolute atomic E-state index is 2.42. The fourth-order valence-electron chi connectivity index (χ4n) is 0. The molecule has 0 unspecified atom stereocenters. The van der Waals surface area contributed by atoms with Gasteiger partial charge in [-0.1, -0.05) is 0 Å². The van der Waals surface area contributed by atoms with Gasteiger partial charge < -0.3 is 0 Å². The minimum atomic E-state index is 0. The summed E-state index contributed by atoms with van der Waals surface area (Å²) in [7, 11) is 0. The molecule has 0 aromatic carbocycles. The van der Waals surface area contributed by atoms with Crippen molar-refractivity contribution in [1.29, 1.82) is 0 Å². The van der Waals surface area contributed by atoms with Crippen LogP contribution in [0.5, 0.6) is 0 Å². The quantitative estimate of drug-likeness (QED) is 0.427. The zero-order valence-corrected chi connectivity index (χ0v) is 10.7. The molecule has 0 aliphatic heterocycles. The van der Waals surface area contributed by atoms with Crippen LogP contribution >= 0.6 is 0 Å². The molecule has 0 bridgehead atoms. The summed E-state index contributed by atoms with van der Waals surface area (Å²) in [5, 5.41) is 0. The van der Waals surface area contributed by atoms with E-state index in [1.165, 1.54) is 18.9 Å². The molecular formula is HNbRuSeTa. The molecule has 0 aromatic heterocycles. The van der Waals surface area contributed by atoms with Crippen LogP contribution in [0.1, 0.15) is 0 Å². The summed E-state index contributed by atoms with van der Waals surface area (Å²) in [4.78, 5) is 0. The third kappa shape index (κ3) is 8.82. The van der Waals surface area contributed by atoms with E-state index in [4.69, 9.17) is 0 Å². The predicted molar refractivity (Wildman–Crippen MR) is 7.15 cm³/mol. The molecule has 0 amide bonds. The minimum absolute atomic E-state index is 0.